The highest BCUT2D eigenvalue weighted by atomic mass is 35.5. The Morgan fingerprint density at radius 3 is 2.35 bits per heavy atom. The van der Waals surface area contributed by atoms with Gasteiger partial charge in [0, 0.05) is 31.1 Å². The largest absolute Gasteiger partial charge is 0.342 e. The minimum atomic E-state index is -0.868. The fourth-order valence-electron chi connectivity index (χ4n) is 4.61. The third kappa shape index (κ3) is 4.46. The number of piperazine rings is 1. The van der Waals surface area contributed by atoms with Crippen LogP contribution < -0.4 is 5.32 Å². The van der Waals surface area contributed by atoms with Crippen LogP contribution in [0, 0.1) is 12.3 Å². The average Bonchev–Trinajstić information content (AvgIpc) is 2.79. The van der Waals surface area contributed by atoms with Crippen LogP contribution >= 0.6 is 11.6 Å². The van der Waals surface area contributed by atoms with E-state index in [1.54, 1.807) is 4.90 Å². The van der Waals surface area contributed by atoms with Crippen molar-refractivity contribution < 1.29 is 9.59 Å². The van der Waals surface area contributed by atoms with Crippen LogP contribution in [0.4, 0.5) is 0 Å². The summed E-state index contributed by atoms with van der Waals surface area (Å²) in [6, 6.07) is 16.9. The quantitative estimate of drug-likeness (QED) is 0.735. The van der Waals surface area contributed by atoms with Gasteiger partial charge in [0.25, 0.3) is 0 Å². The zero-order valence-corrected chi connectivity index (χ0v) is 18.1. The van der Waals surface area contributed by atoms with E-state index in [9.17, 15) is 9.59 Å². The third-order valence-electron chi connectivity index (χ3n) is 6.34. The fraction of sp³-hybridized carbons (Fsp3) is 0.360. The van der Waals surface area contributed by atoms with Gasteiger partial charge in [0.2, 0.25) is 11.8 Å². The predicted molar refractivity (Wildman–Crippen MR) is 121 cm³/mol. The molecule has 2 heterocycles. The molecule has 31 heavy (non-hydrogen) atoms. The Balaban J connectivity index is 1.47. The highest BCUT2D eigenvalue weighted by Crippen LogP contribution is 2.33. The summed E-state index contributed by atoms with van der Waals surface area (Å²) in [5.74, 6) is 2.42. The summed E-state index contributed by atoms with van der Waals surface area (Å²) in [6.07, 6.45) is 7.20. The van der Waals surface area contributed by atoms with Crippen molar-refractivity contribution in [2.75, 3.05) is 19.6 Å². The summed E-state index contributed by atoms with van der Waals surface area (Å²) in [4.78, 5) is 30.6. The number of carbonyl (C=O) groups excluding carboxylic acids is 2. The summed E-state index contributed by atoms with van der Waals surface area (Å²) in [5.41, 5.74) is 1.32. The Morgan fingerprint density at radius 2 is 1.71 bits per heavy atom. The number of halogens is 1. The molecule has 6 heteroatoms. The first-order valence-corrected chi connectivity index (χ1v) is 11.0. The highest BCUT2D eigenvalue weighted by molar-refractivity contribution is 6.30. The number of hydrogen-bond acceptors (Lipinski definition) is 3. The number of hydrogen-bond donors (Lipinski definition) is 1. The van der Waals surface area contributed by atoms with Crippen LogP contribution in [0.5, 0.6) is 0 Å². The molecular weight excluding hydrogens is 410 g/mol. The molecule has 2 aliphatic rings. The number of carbonyl (C=O) groups is 2. The van der Waals surface area contributed by atoms with E-state index in [1.807, 2.05) is 54.6 Å². The zero-order chi connectivity index (χ0) is 21.8. The van der Waals surface area contributed by atoms with Crippen molar-refractivity contribution in [3.63, 3.8) is 0 Å². The molecule has 0 aliphatic carbocycles. The number of terminal acetylenes is 1. The number of piperidine rings is 1. The maximum absolute atomic E-state index is 13.3. The van der Waals surface area contributed by atoms with Crippen LogP contribution in [0.2, 0.25) is 5.02 Å². The van der Waals surface area contributed by atoms with Gasteiger partial charge < -0.3 is 10.2 Å². The lowest BCUT2D eigenvalue weighted by atomic mass is 9.81. The summed E-state index contributed by atoms with van der Waals surface area (Å²) in [5, 5.41) is 3.72. The number of benzene rings is 2. The van der Waals surface area contributed by atoms with Gasteiger partial charge in [0.05, 0.1) is 6.54 Å². The Kier molecular flexibility index (Phi) is 6.31. The van der Waals surface area contributed by atoms with Crippen molar-refractivity contribution in [3.8, 4) is 12.3 Å². The minimum absolute atomic E-state index is 0.0885. The Hall–Kier alpha value is -2.81. The third-order valence-corrected chi connectivity index (χ3v) is 6.60. The highest BCUT2D eigenvalue weighted by Gasteiger charge is 2.53. The first kappa shape index (κ1) is 21.4. The molecule has 0 radical (unpaired) electrons. The number of rotatable bonds is 5. The van der Waals surface area contributed by atoms with Crippen LogP contribution in [0.3, 0.4) is 0 Å². The van der Waals surface area contributed by atoms with Crippen molar-refractivity contribution in [2.24, 2.45) is 0 Å². The molecule has 2 amide bonds. The van der Waals surface area contributed by atoms with E-state index in [4.69, 9.17) is 18.0 Å². The Bertz CT molecular complexity index is 976. The normalized spacial score (nSPS) is 21.0. The standard InChI is InChI=1S/C25H26ClN3O2/c1-2-14-29-23(30)22(17-19-6-4-3-5-7-19)27-24(31)25(29)12-15-28(16-13-25)18-20-8-10-21(26)11-9-20/h1,3-11,22H,12-18H2,(H,27,31). The van der Waals surface area contributed by atoms with Gasteiger partial charge in [-0.05, 0) is 36.1 Å². The second-order valence-corrected chi connectivity index (χ2v) is 8.71. The second-order valence-electron chi connectivity index (χ2n) is 8.28. The lowest BCUT2D eigenvalue weighted by Crippen LogP contribution is -2.73. The van der Waals surface area contributed by atoms with Gasteiger partial charge in [-0.25, -0.2) is 0 Å². The van der Waals surface area contributed by atoms with E-state index in [0.717, 1.165) is 12.1 Å². The molecule has 0 saturated carbocycles. The van der Waals surface area contributed by atoms with E-state index in [1.165, 1.54) is 5.56 Å². The molecule has 2 aromatic carbocycles. The zero-order valence-electron chi connectivity index (χ0n) is 17.4. The molecule has 2 fully saturated rings. The molecule has 4 rings (SSSR count). The molecule has 5 nitrogen and oxygen atoms in total. The lowest BCUT2D eigenvalue weighted by Gasteiger charge is -2.51. The van der Waals surface area contributed by atoms with Crippen molar-refractivity contribution in [2.45, 2.75) is 37.4 Å². The van der Waals surface area contributed by atoms with Crippen LogP contribution in [0.25, 0.3) is 0 Å². The molecule has 1 atom stereocenters. The van der Waals surface area contributed by atoms with Gasteiger partial charge in [-0.3, -0.25) is 14.5 Å². The van der Waals surface area contributed by atoms with Gasteiger partial charge in [-0.15, -0.1) is 6.42 Å². The van der Waals surface area contributed by atoms with Gasteiger partial charge in [-0.1, -0.05) is 60.0 Å². The molecular formula is C25H26ClN3O2. The maximum Gasteiger partial charge on any atom is 0.247 e. The van der Waals surface area contributed by atoms with E-state index in [-0.39, 0.29) is 18.4 Å². The molecule has 2 aromatic rings. The molecule has 1 N–H and O–H groups in total. The maximum atomic E-state index is 13.3. The van der Waals surface area contributed by atoms with Gasteiger partial charge in [0.1, 0.15) is 11.6 Å². The van der Waals surface area contributed by atoms with Crippen molar-refractivity contribution in [1.29, 1.82) is 0 Å². The number of likely N-dealkylation sites (tertiary alicyclic amines) is 1. The van der Waals surface area contributed by atoms with E-state index < -0.39 is 11.6 Å². The van der Waals surface area contributed by atoms with Gasteiger partial charge >= 0.3 is 0 Å². The molecule has 0 aromatic heterocycles. The monoisotopic (exact) mass is 435 g/mol. The fourth-order valence-corrected chi connectivity index (χ4v) is 4.74. The SMILES string of the molecule is C#CCN1C(=O)C(Cc2ccccc2)NC(=O)C12CCN(Cc1ccc(Cl)cc1)CC2. The first-order chi connectivity index (χ1) is 15.0. The summed E-state index contributed by atoms with van der Waals surface area (Å²) >= 11 is 5.98. The number of nitrogens with one attached hydrogen (secondary N) is 1. The lowest BCUT2D eigenvalue weighted by molar-refractivity contribution is -0.160. The van der Waals surface area contributed by atoms with Crippen molar-refractivity contribution >= 4 is 23.4 Å². The Morgan fingerprint density at radius 1 is 1.03 bits per heavy atom. The molecule has 2 saturated heterocycles. The summed E-state index contributed by atoms with van der Waals surface area (Å²) in [7, 11) is 0. The summed E-state index contributed by atoms with van der Waals surface area (Å²) < 4.78 is 0. The van der Waals surface area contributed by atoms with E-state index in [2.05, 4.69) is 16.1 Å². The van der Waals surface area contributed by atoms with Crippen LogP contribution in [-0.4, -0.2) is 52.8 Å². The first-order valence-electron chi connectivity index (χ1n) is 10.6. The van der Waals surface area contributed by atoms with Crippen LogP contribution in [0.1, 0.15) is 24.0 Å². The summed E-state index contributed by atoms with van der Waals surface area (Å²) in [6.45, 7) is 2.37. The molecule has 1 unspecified atom stereocenters. The van der Waals surface area contributed by atoms with Gasteiger partial charge in [-0.2, -0.15) is 0 Å². The van der Waals surface area contributed by atoms with Crippen LogP contribution in [0.15, 0.2) is 54.6 Å². The number of amides is 2. The predicted octanol–water partition coefficient (Wildman–Crippen LogP) is 2.88. The minimum Gasteiger partial charge on any atom is -0.342 e. The van der Waals surface area contributed by atoms with Crippen molar-refractivity contribution in [3.05, 3.63) is 70.7 Å². The smallest absolute Gasteiger partial charge is 0.247 e. The molecule has 0 bridgehead atoms. The van der Waals surface area contributed by atoms with E-state index in [0.29, 0.717) is 37.4 Å². The second kappa shape index (κ2) is 9.13. The average molecular weight is 436 g/mol. The van der Waals surface area contributed by atoms with Crippen LogP contribution in [-0.2, 0) is 22.6 Å². The van der Waals surface area contributed by atoms with E-state index >= 15 is 0 Å². The molecule has 2 aliphatic heterocycles. The Labute approximate surface area is 188 Å². The van der Waals surface area contributed by atoms with Gasteiger partial charge in [0.15, 0.2) is 0 Å². The van der Waals surface area contributed by atoms with Crippen molar-refractivity contribution in [1.82, 2.24) is 15.1 Å². The molecule has 160 valence electrons. The molecule has 1 spiro atoms. The number of nitrogens with zero attached hydrogens (tertiary/aromatic N) is 2. The topological polar surface area (TPSA) is 52.7 Å².